The SMILES string of the molecule is C=C1C(OC2CCCC2)=C(N2CCNCC2)C=NN1c1cccc(C)c1. The molecule has 2 fully saturated rings. The third-order valence-corrected chi connectivity index (χ3v) is 5.34. The quantitative estimate of drug-likeness (QED) is 0.902. The van der Waals surface area contributed by atoms with Crippen LogP contribution in [0.2, 0.25) is 0 Å². The van der Waals surface area contributed by atoms with E-state index in [1.807, 2.05) is 11.2 Å². The van der Waals surface area contributed by atoms with Gasteiger partial charge in [0.1, 0.15) is 11.4 Å². The molecule has 0 radical (unpaired) electrons. The number of nitrogens with zero attached hydrogens (tertiary/aromatic N) is 3. The maximum Gasteiger partial charge on any atom is 0.169 e. The van der Waals surface area contributed by atoms with Crippen molar-refractivity contribution in [2.75, 3.05) is 31.2 Å². The molecule has 26 heavy (non-hydrogen) atoms. The van der Waals surface area contributed by atoms with Gasteiger partial charge < -0.3 is 15.0 Å². The van der Waals surface area contributed by atoms with Crippen LogP contribution in [0.5, 0.6) is 0 Å². The third kappa shape index (κ3) is 3.49. The zero-order valence-corrected chi connectivity index (χ0v) is 15.6. The van der Waals surface area contributed by atoms with Crippen LogP contribution < -0.4 is 10.3 Å². The molecule has 138 valence electrons. The lowest BCUT2D eigenvalue weighted by Gasteiger charge is -2.36. The van der Waals surface area contributed by atoms with E-state index in [4.69, 9.17) is 9.84 Å². The molecule has 0 bridgehead atoms. The van der Waals surface area contributed by atoms with Crippen molar-refractivity contribution >= 4 is 11.9 Å². The molecule has 1 N–H and O–H groups in total. The number of piperazine rings is 1. The average molecular weight is 352 g/mol. The van der Waals surface area contributed by atoms with Crippen molar-refractivity contribution in [3.05, 3.63) is 53.6 Å². The maximum absolute atomic E-state index is 6.50. The predicted molar refractivity (Wildman–Crippen MR) is 106 cm³/mol. The normalized spacial score (nSPS) is 21.7. The molecule has 0 amide bonds. The van der Waals surface area contributed by atoms with Crippen LogP contribution >= 0.6 is 0 Å². The lowest BCUT2D eigenvalue weighted by Crippen LogP contribution is -2.44. The lowest BCUT2D eigenvalue weighted by molar-refractivity contribution is 0.118. The summed E-state index contributed by atoms with van der Waals surface area (Å²) in [6.45, 7) is 10.4. The van der Waals surface area contributed by atoms with Crippen LogP contribution in [0.15, 0.2) is 53.1 Å². The molecule has 0 atom stereocenters. The Bertz CT molecular complexity index is 727. The number of hydrazone groups is 1. The number of benzene rings is 1. The van der Waals surface area contributed by atoms with Gasteiger partial charge in [0.25, 0.3) is 0 Å². The zero-order chi connectivity index (χ0) is 17.9. The van der Waals surface area contributed by atoms with E-state index in [1.165, 1.54) is 18.4 Å². The Morgan fingerprint density at radius 1 is 1.19 bits per heavy atom. The van der Waals surface area contributed by atoms with Gasteiger partial charge in [-0.05, 0) is 50.3 Å². The van der Waals surface area contributed by atoms with Gasteiger partial charge in [-0.15, -0.1) is 0 Å². The number of aryl methyl sites for hydroxylation is 1. The van der Waals surface area contributed by atoms with E-state index in [0.717, 1.165) is 61.9 Å². The van der Waals surface area contributed by atoms with Crippen molar-refractivity contribution in [2.45, 2.75) is 38.7 Å². The van der Waals surface area contributed by atoms with E-state index in [1.54, 1.807) is 0 Å². The molecule has 1 saturated carbocycles. The summed E-state index contributed by atoms with van der Waals surface area (Å²) in [5.74, 6) is 0.898. The Labute approximate surface area is 156 Å². The van der Waals surface area contributed by atoms with E-state index in [9.17, 15) is 0 Å². The van der Waals surface area contributed by atoms with Gasteiger partial charge in [-0.3, -0.25) is 0 Å². The molecule has 4 rings (SSSR count). The fraction of sp³-hybridized carbons (Fsp3) is 0.476. The fourth-order valence-corrected chi connectivity index (χ4v) is 3.90. The summed E-state index contributed by atoms with van der Waals surface area (Å²) in [6.07, 6.45) is 7.02. The molecule has 3 aliphatic rings. The fourth-order valence-electron chi connectivity index (χ4n) is 3.90. The number of nitrogens with one attached hydrogen (secondary N) is 1. The Morgan fingerprint density at radius 2 is 1.96 bits per heavy atom. The van der Waals surface area contributed by atoms with E-state index in [-0.39, 0.29) is 0 Å². The van der Waals surface area contributed by atoms with Crippen LogP contribution in [-0.2, 0) is 4.74 Å². The van der Waals surface area contributed by atoms with Gasteiger partial charge in [-0.25, -0.2) is 5.01 Å². The average Bonchev–Trinajstić information content (AvgIpc) is 3.17. The van der Waals surface area contributed by atoms with Gasteiger partial charge in [0, 0.05) is 26.2 Å². The molecule has 0 unspecified atom stereocenters. The highest BCUT2D eigenvalue weighted by Gasteiger charge is 2.29. The number of hydrogen-bond donors (Lipinski definition) is 1. The van der Waals surface area contributed by atoms with Gasteiger partial charge >= 0.3 is 0 Å². The van der Waals surface area contributed by atoms with Crippen LogP contribution in [0.4, 0.5) is 5.69 Å². The van der Waals surface area contributed by atoms with Crippen LogP contribution in [0.3, 0.4) is 0 Å². The van der Waals surface area contributed by atoms with Crippen molar-refractivity contribution in [3.8, 4) is 0 Å². The summed E-state index contributed by atoms with van der Waals surface area (Å²) in [6, 6.07) is 8.35. The van der Waals surface area contributed by atoms with Crippen molar-refractivity contribution in [3.63, 3.8) is 0 Å². The van der Waals surface area contributed by atoms with Gasteiger partial charge in [0.2, 0.25) is 0 Å². The minimum Gasteiger partial charge on any atom is -0.486 e. The summed E-state index contributed by atoms with van der Waals surface area (Å²) in [4.78, 5) is 2.36. The second-order valence-electron chi connectivity index (χ2n) is 7.32. The van der Waals surface area contributed by atoms with E-state index < -0.39 is 0 Å². The highest BCUT2D eigenvalue weighted by atomic mass is 16.5. The highest BCUT2D eigenvalue weighted by Crippen LogP contribution is 2.33. The minimum absolute atomic E-state index is 0.297. The maximum atomic E-state index is 6.50. The van der Waals surface area contributed by atoms with E-state index in [0.29, 0.717) is 6.10 Å². The first-order valence-electron chi connectivity index (χ1n) is 9.69. The molecule has 1 aliphatic carbocycles. The molecule has 1 aromatic carbocycles. The first kappa shape index (κ1) is 17.2. The molecule has 0 spiro atoms. The molecule has 2 heterocycles. The van der Waals surface area contributed by atoms with Gasteiger partial charge in [0.15, 0.2) is 5.76 Å². The molecule has 5 nitrogen and oxygen atoms in total. The second-order valence-corrected chi connectivity index (χ2v) is 7.32. The zero-order valence-electron chi connectivity index (χ0n) is 15.6. The molecule has 1 saturated heterocycles. The van der Waals surface area contributed by atoms with Crippen molar-refractivity contribution in [2.24, 2.45) is 5.10 Å². The second kappa shape index (κ2) is 7.54. The summed E-state index contributed by atoms with van der Waals surface area (Å²) in [7, 11) is 0. The topological polar surface area (TPSA) is 40.1 Å². The standard InChI is InChI=1S/C21H28N4O/c1-16-6-5-7-18(14-16)25-17(2)21(26-19-8-3-4-9-19)20(15-23-25)24-12-10-22-11-13-24/h5-7,14-15,19,22H,2-4,8-13H2,1H3. The van der Waals surface area contributed by atoms with E-state index >= 15 is 0 Å². The Hall–Kier alpha value is -2.27. The predicted octanol–water partition coefficient (Wildman–Crippen LogP) is 3.39. The number of hydrogen-bond acceptors (Lipinski definition) is 5. The highest BCUT2D eigenvalue weighted by molar-refractivity contribution is 5.84. The van der Waals surface area contributed by atoms with Gasteiger partial charge in [0.05, 0.1) is 18.0 Å². The van der Waals surface area contributed by atoms with Crippen LogP contribution in [0, 0.1) is 6.92 Å². The molecule has 5 heteroatoms. The summed E-state index contributed by atoms with van der Waals surface area (Å²) >= 11 is 0. The number of anilines is 1. The third-order valence-electron chi connectivity index (χ3n) is 5.34. The molecule has 2 aliphatic heterocycles. The molecular weight excluding hydrogens is 324 g/mol. The van der Waals surface area contributed by atoms with Crippen molar-refractivity contribution in [1.82, 2.24) is 10.2 Å². The Balaban J connectivity index is 1.65. The summed E-state index contributed by atoms with van der Waals surface area (Å²) in [5.41, 5.74) is 4.14. The van der Waals surface area contributed by atoms with Crippen LogP contribution in [0.25, 0.3) is 0 Å². The smallest absolute Gasteiger partial charge is 0.169 e. The monoisotopic (exact) mass is 352 g/mol. The molecule has 0 aromatic heterocycles. The van der Waals surface area contributed by atoms with Crippen molar-refractivity contribution < 1.29 is 4.74 Å². The molecular formula is C21H28N4O. The van der Waals surface area contributed by atoms with Gasteiger partial charge in [-0.2, -0.15) is 5.10 Å². The summed E-state index contributed by atoms with van der Waals surface area (Å²) in [5, 5.41) is 10.0. The first-order chi connectivity index (χ1) is 12.7. The first-order valence-corrected chi connectivity index (χ1v) is 9.69. The Morgan fingerprint density at radius 3 is 2.69 bits per heavy atom. The largest absolute Gasteiger partial charge is 0.486 e. The number of rotatable bonds is 4. The van der Waals surface area contributed by atoms with Crippen LogP contribution in [0.1, 0.15) is 31.2 Å². The molecule has 1 aromatic rings. The number of allylic oxidation sites excluding steroid dienone is 1. The van der Waals surface area contributed by atoms with Crippen molar-refractivity contribution in [1.29, 1.82) is 0 Å². The Kier molecular flexibility index (Phi) is 4.98. The van der Waals surface area contributed by atoms with Gasteiger partial charge in [-0.1, -0.05) is 18.7 Å². The van der Waals surface area contributed by atoms with Crippen LogP contribution in [-0.4, -0.2) is 43.4 Å². The summed E-state index contributed by atoms with van der Waals surface area (Å²) < 4.78 is 6.50. The number of ether oxygens (including phenoxy) is 1. The van der Waals surface area contributed by atoms with E-state index in [2.05, 4.69) is 48.0 Å². The minimum atomic E-state index is 0.297. The lowest BCUT2D eigenvalue weighted by atomic mass is 10.1.